The predicted octanol–water partition coefficient (Wildman–Crippen LogP) is 4.12. The van der Waals surface area contributed by atoms with Crippen molar-refractivity contribution in [1.82, 2.24) is 10.2 Å². The molecule has 7 heteroatoms. The molecule has 0 unspecified atom stereocenters. The van der Waals surface area contributed by atoms with Crippen molar-refractivity contribution in [2.75, 3.05) is 11.9 Å². The molecule has 1 aliphatic heterocycles. The van der Waals surface area contributed by atoms with Gasteiger partial charge in [-0.05, 0) is 55.2 Å². The van der Waals surface area contributed by atoms with Crippen molar-refractivity contribution in [1.29, 1.82) is 0 Å². The van der Waals surface area contributed by atoms with Crippen LogP contribution in [-0.2, 0) is 6.42 Å². The van der Waals surface area contributed by atoms with E-state index in [2.05, 4.69) is 10.6 Å². The van der Waals surface area contributed by atoms with Gasteiger partial charge in [-0.3, -0.25) is 14.5 Å². The standard InChI is InChI=1S/C23H24FN3O3/c24-16-8-6-15(7-9-16)12-13-25-23(30)26-17-10-11-19-20(14-17)22(29)27(21(19)28)18-4-2-1-3-5-18/h6-11,14,18H,1-5,12-13H2,(H2,25,26,30). The van der Waals surface area contributed by atoms with Crippen LogP contribution in [0, 0.1) is 5.82 Å². The Morgan fingerprint density at radius 2 is 1.67 bits per heavy atom. The van der Waals surface area contributed by atoms with Crippen molar-refractivity contribution in [3.05, 3.63) is 65.0 Å². The molecule has 0 radical (unpaired) electrons. The predicted molar refractivity (Wildman–Crippen MR) is 111 cm³/mol. The van der Waals surface area contributed by atoms with E-state index in [1.165, 1.54) is 17.0 Å². The lowest BCUT2D eigenvalue weighted by Gasteiger charge is -2.29. The third-order valence-electron chi connectivity index (χ3n) is 5.73. The largest absolute Gasteiger partial charge is 0.338 e. The van der Waals surface area contributed by atoms with Crippen LogP contribution in [0.4, 0.5) is 14.9 Å². The van der Waals surface area contributed by atoms with Gasteiger partial charge in [-0.15, -0.1) is 0 Å². The summed E-state index contributed by atoms with van der Waals surface area (Å²) >= 11 is 0. The number of nitrogens with one attached hydrogen (secondary N) is 2. The van der Waals surface area contributed by atoms with Crippen LogP contribution in [0.5, 0.6) is 0 Å². The molecule has 0 aromatic heterocycles. The van der Waals surface area contributed by atoms with E-state index >= 15 is 0 Å². The topological polar surface area (TPSA) is 78.5 Å². The summed E-state index contributed by atoms with van der Waals surface area (Å²) < 4.78 is 12.9. The number of urea groups is 1. The first kappa shape index (κ1) is 20.1. The lowest BCUT2D eigenvalue weighted by atomic mass is 9.94. The smallest absolute Gasteiger partial charge is 0.319 e. The number of fused-ring (bicyclic) bond motifs is 1. The van der Waals surface area contributed by atoms with Crippen LogP contribution in [0.1, 0.15) is 58.4 Å². The zero-order valence-corrected chi connectivity index (χ0v) is 16.6. The normalized spacial score (nSPS) is 16.5. The molecule has 2 aromatic carbocycles. The summed E-state index contributed by atoms with van der Waals surface area (Å²) in [4.78, 5) is 39.1. The number of carbonyl (C=O) groups excluding carboxylic acids is 3. The monoisotopic (exact) mass is 409 g/mol. The minimum Gasteiger partial charge on any atom is -0.338 e. The number of halogens is 1. The summed E-state index contributed by atoms with van der Waals surface area (Å²) in [6, 6.07) is 10.5. The number of benzene rings is 2. The van der Waals surface area contributed by atoms with Gasteiger partial charge in [0, 0.05) is 18.3 Å². The number of anilines is 1. The Balaban J connectivity index is 1.36. The number of hydrogen-bond acceptors (Lipinski definition) is 3. The van der Waals surface area contributed by atoms with Gasteiger partial charge in [0.25, 0.3) is 11.8 Å². The van der Waals surface area contributed by atoms with Crippen LogP contribution >= 0.6 is 0 Å². The molecule has 4 amide bonds. The summed E-state index contributed by atoms with van der Waals surface area (Å²) in [6.07, 6.45) is 5.48. The molecule has 1 aliphatic carbocycles. The molecule has 2 aliphatic rings. The molecule has 156 valence electrons. The Labute approximate surface area is 174 Å². The molecular formula is C23H24FN3O3. The summed E-state index contributed by atoms with van der Waals surface area (Å²) in [5.74, 6) is -0.810. The van der Waals surface area contributed by atoms with Gasteiger partial charge in [0.05, 0.1) is 11.1 Å². The van der Waals surface area contributed by atoms with Crippen LogP contribution in [0.15, 0.2) is 42.5 Å². The van der Waals surface area contributed by atoms with Crippen LogP contribution in [0.2, 0.25) is 0 Å². The van der Waals surface area contributed by atoms with E-state index in [4.69, 9.17) is 0 Å². The van der Waals surface area contributed by atoms with Gasteiger partial charge >= 0.3 is 6.03 Å². The van der Waals surface area contributed by atoms with Crippen molar-refractivity contribution < 1.29 is 18.8 Å². The number of imide groups is 1. The van der Waals surface area contributed by atoms with E-state index in [9.17, 15) is 18.8 Å². The van der Waals surface area contributed by atoms with Gasteiger partial charge in [-0.25, -0.2) is 9.18 Å². The first-order valence-electron chi connectivity index (χ1n) is 10.3. The fourth-order valence-electron chi connectivity index (χ4n) is 4.15. The molecule has 0 atom stereocenters. The van der Waals surface area contributed by atoms with E-state index in [1.54, 1.807) is 30.3 Å². The van der Waals surface area contributed by atoms with Crippen LogP contribution in [0.25, 0.3) is 0 Å². The highest BCUT2D eigenvalue weighted by molar-refractivity contribution is 6.22. The van der Waals surface area contributed by atoms with Crippen molar-refractivity contribution in [2.45, 2.75) is 44.6 Å². The molecule has 30 heavy (non-hydrogen) atoms. The van der Waals surface area contributed by atoms with Crippen molar-refractivity contribution >= 4 is 23.5 Å². The number of hydrogen-bond donors (Lipinski definition) is 2. The van der Waals surface area contributed by atoms with Crippen LogP contribution in [-0.4, -0.2) is 35.3 Å². The van der Waals surface area contributed by atoms with Gasteiger partial charge in [-0.2, -0.15) is 0 Å². The van der Waals surface area contributed by atoms with Crippen molar-refractivity contribution in [3.63, 3.8) is 0 Å². The zero-order valence-electron chi connectivity index (χ0n) is 16.6. The van der Waals surface area contributed by atoms with E-state index in [1.807, 2.05) is 0 Å². The Morgan fingerprint density at radius 1 is 0.967 bits per heavy atom. The van der Waals surface area contributed by atoms with Gasteiger partial charge in [0.2, 0.25) is 0 Å². The van der Waals surface area contributed by atoms with Crippen molar-refractivity contribution in [3.8, 4) is 0 Å². The van der Waals surface area contributed by atoms with E-state index in [0.717, 1.165) is 37.7 Å². The lowest BCUT2D eigenvalue weighted by molar-refractivity contribution is 0.0549. The molecule has 0 spiro atoms. The fourth-order valence-corrected chi connectivity index (χ4v) is 4.15. The highest BCUT2D eigenvalue weighted by atomic mass is 19.1. The molecule has 2 aromatic rings. The second-order valence-electron chi connectivity index (χ2n) is 7.79. The maximum atomic E-state index is 12.9. The Hall–Kier alpha value is -3.22. The third kappa shape index (κ3) is 4.20. The Morgan fingerprint density at radius 3 is 2.40 bits per heavy atom. The van der Waals surface area contributed by atoms with Gasteiger partial charge in [-0.1, -0.05) is 31.4 Å². The first-order chi connectivity index (χ1) is 14.5. The number of nitrogens with zero attached hydrogens (tertiary/aromatic N) is 1. The van der Waals surface area contributed by atoms with E-state index in [0.29, 0.717) is 29.8 Å². The Bertz CT molecular complexity index is 968. The van der Waals surface area contributed by atoms with Gasteiger partial charge < -0.3 is 10.6 Å². The van der Waals surface area contributed by atoms with Gasteiger partial charge in [0.15, 0.2) is 0 Å². The SMILES string of the molecule is O=C(NCCc1ccc(F)cc1)Nc1ccc2c(c1)C(=O)N(C1CCCCC1)C2=O. The van der Waals surface area contributed by atoms with E-state index in [-0.39, 0.29) is 23.7 Å². The maximum absolute atomic E-state index is 12.9. The van der Waals surface area contributed by atoms with Crippen LogP contribution in [0.3, 0.4) is 0 Å². The second-order valence-corrected chi connectivity index (χ2v) is 7.79. The number of rotatable bonds is 5. The molecule has 0 bridgehead atoms. The molecule has 2 N–H and O–H groups in total. The molecule has 6 nitrogen and oxygen atoms in total. The van der Waals surface area contributed by atoms with Gasteiger partial charge in [0.1, 0.15) is 5.82 Å². The molecular weight excluding hydrogens is 385 g/mol. The molecule has 1 fully saturated rings. The molecule has 1 saturated carbocycles. The average molecular weight is 409 g/mol. The first-order valence-corrected chi connectivity index (χ1v) is 10.3. The van der Waals surface area contributed by atoms with Crippen molar-refractivity contribution in [2.24, 2.45) is 0 Å². The van der Waals surface area contributed by atoms with Crippen LogP contribution < -0.4 is 10.6 Å². The van der Waals surface area contributed by atoms with E-state index < -0.39 is 6.03 Å². The quantitative estimate of drug-likeness (QED) is 0.729. The minimum absolute atomic E-state index is 0.0303. The second kappa shape index (κ2) is 8.65. The average Bonchev–Trinajstić information content (AvgIpc) is 3.00. The summed E-state index contributed by atoms with van der Waals surface area (Å²) in [7, 11) is 0. The summed E-state index contributed by atoms with van der Waals surface area (Å²) in [5.41, 5.74) is 2.11. The third-order valence-corrected chi connectivity index (χ3v) is 5.73. The Kier molecular flexibility index (Phi) is 5.79. The zero-order chi connectivity index (χ0) is 21.1. The minimum atomic E-state index is -0.405. The lowest BCUT2D eigenvalue weighted by Crippen LogP contribution is -2.40. The fraction of sp³-hybridized carbons (Fsp3) is 0.348. The highest BCUT2D eigenvalue weighted by Crippen LogP contribution is 2.32. The molecule has 0 saturated heterocycles. The molecule has 1 heterocycles. The summed E-state index contributed by atoms with van der Waals surface area (Å²) in [5, 5.41) is 5.44. The maximum Gasteiger partial charge on any atom is 0.319 e. The number of amides is 4. The highest BCUT2D eigenvalue weighted by Gasteiger charge is 2.40. The summed E-state index contributed by atoms with van der Waals surface area (Å²) in [6.45, 7) is 0.384. The molecule has 4 rings (SSSR count). The number of carbonyl (C=O) groups is 3.